The highest BCUT2D eigenvalue weighted by Gasteiger charge is 2.29. The Labute approximate surface area is 114 Å². The summed E-state index contributed by atoms with van der Waals surface area (Å²) < 4.78 is 37.1. The van der Waals surface area contributed by atoms with Gasteiger partial charge in [0.05, 0.1) is 5.88 Å². The number of hydrogen-bond donors (Lipinski definition) is 0. The first-order valence-electron chi connectivity index (χ1n) is 4.43. The first-order valence-corrected chi connectivity index (χ1v) is 6.57. The number of Topliss-reactive ketones (excluding diaryl/α,β-unsaturated/α-hetero) is 1. The lowest BCUT2D eigenvalue weighted by atomic mass is 10.1. The number of ketones is 1. The van der Waals surface area contributed by atoms with E-state index >= 15 is 0 Å². The fraction of sp³-hybridized carbons (Fsp3) is 0.300. The number of carbonyl (C=O) groups excluding carboxylic acids is 1. The van der Waals surface area contributed by atoms with Crippen LogP contribution in [0.5, 0.6) is 0 Å². The van der Waals surface area contributed by atoms with Gasteiger partial charge in [0.2, 0.25) is 0 Å². The summed E-state index contributed by atoms with van der Waals surface area (Å²) in [4.78, 5) is 11.2. The lowest BCUT2D eigenvalue weighted by Gasteiger charge is -2.08. The maximum Gasteiger partial charge on any atom is 0.446 e. The second-order valence-corrected chi connectivity index (χ2v) is 5.51. The van der Waals surface area contributed by atoms with Crippen molar-refractivity contribution in [3.63, 3.8) is 0 Å². The summed E-state index contributed by atoms with van der Waals surface area (Å²) in [5.74, 6) is -0.374. The highest BCUT2D eigenvalue weighted by molar-refractivity contribution is 9.10. The van der Waals surface area contributed by atoms with E-state index in [0.717, 1.165) is 0 Å². The molecule has 1 aromatic carbocycles. The van der Waals surface area contributed by atoms with Gasteiger partial charge in [-0.2, -0.15) is 13.2 Å². The van der Waals surface area contributed by atoms with Crippen molar-refractivity contribution in [2.45, 2.75) is 16.8 Å². The number of rotatable bonds is 4. The Morgan fingerprint density at radius 1 is 1.35 bits per heavy atom. The molecule has 0 radical (unpaired) electrons. The molecule has 7 heteroatoms. The van der Waals surface area contributed by atoms with Gasteiger partial charge in [-0.15, -0.1) is 11.6 Å². The zero-order chi connectivity index (χ0) is 13.1. The molecule has 0 atom stereocenters. The van der Waals surface area contributed by atoms with E-state index in [1.165, 1.54) is 12.1 Å². The first kappa shape index (κ1) is 14.9. The molecule has 94 valence electrons. The van der Waals surface area contributed by atoms with E-state index < -0.39 is 5.51 Å². The van der Waals surface area contributed by atoms with Gasteiger partial charge in [0.25, 0.3) is 0 Å². The first-order chi connectivity index (χ1) is 7.80. The summed E-state index contributed by atoms with van der Waals surface area (Å²) in [6, 6.07) is 4.30. The molecule has 0 aromatic heterocycles. The molecular weight excluding hydrogens is 341 g/mol. The molecule has 0 saturated heterocycles. The van der Waals surface area contributed by atoms with Crippen LogP contribution in [0.3, 0.4) is 0 Å². The Morgan fingerprint density at radius 2 is 2.00 bits per heavy atom. The summed E-state index contributed by atoms with van der Waals surface area (Å²) >= 11 is 8.24. The van der Waals surface area contributed by atoms with Gasteiger partial charge in [0.15, 0.2) is 5.78 Å². The molecule has 1 rings (SSSR count). The van der Waals surface area contributed by atoms with Gasteiger partial charge in [-0.25, -0.2) is 0 Å². The Kier molecular flexibility index (Phi) is 5.34. The molecular formula is C10H7BrClF3OS. The largest absolute Gasteiger partial charge is 0.446 e. The Hall–Kier alpha value is -0.200. The third-order valence-electron chi connectivity index (χ3n) is 1.72. The van der Waals surface area contributed by atoms with Crippen LogP contribution < -0.4 is 0 Å². The summed E-state index contributed by atoms with van der Waals surface area (Å²) in [6.45, 7) is 0. The Morgan fingerprint density at radius 3 is 2.53 bits per heavy atom. The average Bonchev–Trinajstić information content (AvgIpc) is 2.13. The fourth-order valence-electron chi connectivity index (χ4n) is 1.19. The second kappa shape index (κ2) is 6.11. The molecule has 0 saturated carbocycles. The molecule has 0 aliphatic rings. The molecule has 0 fully saturated rings. The van der Waals surface area contributed by atoms with Gasteiger partial charge in [0.1, 0.15) is 0 Å². The molecule has 0 amide bonds. The molecule has 0 bridgehead atoms. The highest BCUT2D eigenvalue weighted by Crippen LogP contribution is 2.38. The standard InChI is InChI=1S/C10H7BrClF3OS/c11-7-1-6(2-8(16)5-12)3-9(4-7)17-10(13,14)15/h1,3-4H,2,5H2. The van der Waals surface area contributed by atoms with Gasteiger partial charge in [0, 0.05) is 15.8 Å². The summed E-state index contributed by atoms with van der Waals surface area (Å²) in [5, 5.41) is 0. The van der Waals surface area contributed by atoms with E-state index in [2.05, 4.69) is 15.9 Å². The van der Waals surface area contributed by atoms with Crippen molar-refractivity contribution in [1.82, 2.24) is 0 Å². The van der Waals surface area contributed by atoms with Crippen molar-refractivity contribution >= 4 is 45.1 Å². The number of thioether (sulfide) groups is 1. The number of carbonyl (C=O) groups is 1. The zero-order valence-corrected chi connectivity index (χ0v) is 11.5. The van der Waals surface area contributed by atoms with E-state index in [-0.39, 0.29) is 34.7 Å². The third kappa shape index (κ3) is 5.79. The van der Waals surface area contributed by atoms with Crippen LogP contribution in [0.15, 0.2) is 27.6 Å². The maximum atomic E-state index is 12.2. The van der Waals surface area contributed by atoms with Crippen molar-refractivity contribution in [3.05, 3.63) is 28.2 Å². The minimum absolute atomic E-state index is 0.0361. The molecule has 1 aromatic rings. The van der Waals surface area contributed by atoms with E-state index in [1.807, 2.05) is 0 Å². The minimum Gasteiger partial charge on any atom is -0.298 e. The summed E-state index contributed by atoms with van der Waals surface area (Å²) in [7, 11) is 0. The quantitative estimate of drug-likeness (QED) is 0.593. The normalized spacial score (nSPS) is 11.6. The smallest absolute Gasteiger partial charge is 0.298 e. The molecule has 1 nitrogen and oxygen atoms in total. The van der Waals surface area contributed by atoms with E-state index in [9.17, 15) is 18.0 Å². The number of alkyl halides is 4. The predicted octanol–water partition coefficient (Wildman–Crippen LogP) is 4.41. The van der Waals surface area contributed by atoms with Crippen molar-refractivity contribution < 1.29 is 18.0 Å². The fourth-order valence-corrected chi connectivity index (χ4v) is 2.64. The molecule has 0 spiro atoms. The van der Waals surface area contributed by atoms with Gasteiger partial charge < -0.3 is 0 Å². The third-order valence-corrected chi connectivity index (χ3v) is 3.17. The topological polar surface area (TPSA) is 17.1 Å². The predicted molar refractivity (Wildman–Crippen MR) is 65.5 cm³/mol. The number of benzene rings is 1. The summed E-state index contributed by atoms with van der Waals surface area (Å²) in [6.07, 6.45) is 0.0361. The van der Waals surface area contributed by atoms with Crippen LogP contribution in [0, 0.1) is 0 Å². The van der Waals surface area contributed by atoms with Crippen molar-refractivity contribution in [1.29, 1.82) is 0 Å². The average molecular weight is 348 g/mol. The zero-order valence-electron chi connectivity index (χ0n) is 8.35. The Bertz CT molecular complexity index is 423. The van der Waals surface area contributed by atoms with Gasteiger partial charge >= 0.3 is 5.51 Å². The van der Waals surface area contributed by atoms with Crippen LogP contribution in [0.4, 0.5) is 13.2 Å². The van der Waals surface area contributed by atoms with Crippen LogP contribution >= 0.6 is 39.3 Å². The number of hydrogen-bond acceptors (Lipinski definition) is 2. The highest BCUT2D eigenvalue weighted by atomic mass is 79.9. The minimum atomic E-state index is -4.34. The maximum absolute atomic E-state index is 12.2. The van der Waals surface area contributed by atoms with Crippen molar-refractivity contribution in [3.8, 4) is 0 Å². The van der Waals surface area contributed by atoms with Gasteiger partial charge in [-0.05, 0) is 35.5 Å². The van der Waals surface area contributed by atoms with Gasteiger partial charge in [-0.3, -0.25) is 4.79 Å². The van der Waals surface area contributed by atoms with Crippen LogP contribution in [-0.4, -0.2) is 17.2 Å². The molecule has 17 heavy (non-hydrogen) atoms. The van der Waals surface area contributed by atoms with Crippen molar-refractivity contribution in [2.75, 3.05) is 5.88 Å². The second-order valence-electron chi connectivity index (χ2n) is 3.19. The van der Waals surface area contributed by atoms with E-state index in [1.54, 1.807) is 6.07 Å². The van der Waals surface area contributed by atoms with Crippen LogP contribution in [-0.2, 0) is 11.2 Å². The number of halogens is 5. The molecule has 0 N–H and O–H groups in total. The van der Waals surface area contributed by atoms with Crippen LogP contribution in [0.2, 0.25) is 0 Å². The van der Waals surface area contributed by atoms with Gasteiger partial charge in [-0.1, -0.05) is 15.9 Å². The van der Waals surface area contributed by atoms with Crippen LogP contribution in [0.1, 0.15) is 5.56 Å². The molecule has 0 aliphatic heterocycles. The Balaban J connectivity index is 2.90. The molecule has 0 unspecified atom stereocenters. The monoisotopic (exact) mass is 346 g/mol. The van der Waals surface area contributed by atoms with E-state index in [0.29, 0.717) is 10.0 Å². The lowest BCUT2D eigenvalue weighted by Crippen LogP contribution is -2.04. The summed E-state index contributed by atoms with van der Waals surface area (Å²) in [5.41, 5.74) is -3.83. The molecule has 0 heterocycles. The lowest BCUT2D eigenvalue weighted by molar-refractivity contribution is -0.116. The van der Waals surface area contributed by atoms with Crippen molar-refractivity contribution in [2.24, 2.45) is 0 Å². The van der Waals surface area contributed by atoms with E-state index in [4.69, 9.17) is 11.6 Å². The SMILES string of the molecule is O=C(CCl)Cc1cc(Br)cc(SC(F)(F)F)c1. The molecule has 0 aliphatic carbocycles. The van der Waals surface area contributed by atoms with Crippen LogP contribution in [0.25, 0.3) is 0 Å².